The Labute approximate surface area is 227 Å². The third-order valence-electron chi connectivity index (χ3n) is 7.07. The van der Waals surface area contributed by atoms with Crippen LogP contribution in [0.1, 0.15) is 48.2 Å². The number of Topliss-reactive ketones (excluding diaryl/α,β-unsaturated/α-hetero) is 2. The fourth-order valence-electron chi connectivity index (χ4n) is 5.05. The van der Waals surface area contributed by atoms with Gasteiger partial charge in [0.1, 0.15) is 0 Å². The molecule has 210 valence electrons. The molecule has 0 spiro atoms. The van der Waals surface area contributed by atoms with Crippen LogP contribution in [0, 0.1) is 5.92 Å². The second-order valence-electron chi connectivity index (χ2n) is 8.80. The summed E-state index contributed by atoms with van der Waals surface area (Å²) in [5.41, 5.74) is -3.52. The molecular formula is C29H34O10. The summed E-state index contributed by atoms with van der Waals surface area (Å²) in [6.07, 6.45) is 0.828. The van der Waals surface area contributed by atoms with Crippen molar-refractivity contribution in [2.24, 2.45) is 5.92 Å². The van der Waals surface area contributed by atoms with Crippen molar-refractivity contribution in [1.29, 1.82) is 0 Å². The van der Waals surface area contributed by atoms with Gasteiger partial charge in [0, 0.05) is 11.5 Å². The molecule has 39 heavy (non-hydrogen) atoms. The summed E-state index contributed by atoms with van der Waals surface area (Å²) in [4.78, 5) is 41.4. The van der Waals surface area contributed by atoms with Crippen LogP contribution < -0.4 is 23.7 Å². The third kappa shape index (κ3) is 4.58. The number of fused-ring (bicyclic) bond motifs is 1. The number of ether oxygens (including phenoxy) is 6. The van der Waals surface area contributed by atoms with Gasteiger partial charge < -0.3 is 33.5 Å². The Bertz CT molecular complexity index is 1320. The summed E-state index contributed by atoms with van der Waals surface area (Å²) in [6.45, 7) is 3.62. The number of methoxy groups -OCH3 is 6. The van der Waals surface area contributed by atoms with Gasteiger partial charge >= 0.3 is 5.97 Å². The molecule has 0 radical (unpaired) electrons. The summed E-state index contributed by atoms with van der Waals surface area (Å²) in [7, 11) is 8.04. The number of esters is 1. The van der Waals surface area contributed by atoms with Crippen molar-refractivity contribution in [2.75, 3.05) is 42.7 Å². The fourth-order valence-corrected chi connectivity index (χ4v) is 5.05. The molecule has 2 aromatic carbocycles. The molecule has 0 saturated carbocycles. The van der Waals surface area contributed by atoms with E-state index in [2.05, 4.69) is 0 Å². The number of aliphatic hydroxyl groups is 1. The minimum absolute atomic E-state index is 0.0621. The number of benzene rings is 2. The maximum Gasteiger partial charge on any atom is 0.338 e. The highest BCUT2D eigenvalue weighted by Gasteiger charge is 2.54. The molecule has 1 aliphatic rings. The molecule has 1 atom stereocenters. The van der Waals surface area contributed by atoms with Crippen LogP contribution in [0.15, 0.2) is 35.4 Å². The molecule has 0 bridgehead atoms. The van der Waals surface area contributed by atoms with Crippen molar-refractivity contribution in [3.63, 3.8) is 0 Å². The van der Waals surface area contributed by atoms with Crippen LogP contribution in [0.2, 0.25) is 0 Å². The Hall–Kier alpha value is -4.05. The van der Waals surface area contributed by atoms with E-state index in [1.165, 1.54) is 59.8 Å². The Morgan fingerprint density at radius 1 is 0.821 bits per heavy atom. The number of carbonyl (C=O) groups is 3. The van der Waals surface area contributed by atoms with E-state index in [9.17, 15) is 19.5 Å². The first-order valence-corrected chi connectivity index (χ1v) is 12.3. The van der Waals surface area contributed by atoms with Crippen LogP contribution in [0.3, 0.4) is 0 Å². The predicted molar refractivity (Wildman–Crippen MR) is 141 cm³/mol. The van der Waals surface area contributed by atoms with E-state index >= 15 is 0 Å². The molecule has 2 aromatic rings. The number of hydrogen-bond acceptors (Lipinski definition) is 10. The highest BCUT2D eigenvalue weighted by molar-refractivity contribution is 6.32. The van der Waals surface area contributed by atoms with Gasteiger partial charge in [-0.25, -0.2) is 4.79 Å². The molecular weight excluding hydrogens is 508 g/mol. The van der Waals surface area contributed by atoms with Gasteiger partial charge in [0.05, 0.1) is 59.4 Å². The Morgan fingerprint density at radius 2 is 1.41 bits per heavy atom. The molecule has 3 rings (SSSR count). The zero-order chi connectivity index (χ0) is 29.1. The molecule has 0 fully saturated rings. The topological polar surface area (TPSA) is 127 Å². The first kappa shape index (κ1) is 29.5. The highest BCUT2D eigenvalue weighted by Crippen LogP contribution is 2.55. The molecule has 0 heterocycles. The zero-order valence-electron chi connectivity index (χ0n) is 23.4. The average molecular weight is 543 g/mol. The molecule has 10 heteroatoms. The van der Waals surface area contributed by atoms with Crippen molar-refractivity contribution in [3.05, 3.63) is 52.1 Å². The lowest BCUT2D eigenvalue weighted by molar-refractivity contribution is -0.139. The van der Waals surface area contributed by atoms with Gasteiger partial charge in [0.2, 0.25) is 5.75 Å². The molecule has 1 aliphatic carbocycles. The average Bonchev–Trinajstić information content (AvgIpc) is 2.96. The summed E-state index contributed by atoms with van der Waals surface area (Å²) in [6, 6.07) is 5.85. The van der Waals surface area contributed by atoms with Crippen LogP contribution in [0.4, 0.5) is 0 Å². The number of rotatable bonds is 11. The van der Waals surface area contributed by atoms with Gasteiger partial charge in [-0.05, 0) is 36.6 Å². The Balaban J connectivity index is 2.64. The van der Waals surface area contributed by atoms with Crippen molar-refractivity contribution in [3.8, 4) is 28.7 Å². The van der Waals surface area contributed by atoms with Crippen molar-refractivity contribution in [2.45, 2.75) is 32.3 Å². The standard InChI is InChI=1S/C29H34O10/c1-9-15(10-2)24(30)21-23(28(32)39-8)29(33,16-11-12-18(34-3)19(13-16)35-4)22-17(25(21)31)14-20(36-5)26(37-6)27(22)38-7/h11-15,33H,9-10H2,1-8H3/t29-/m1/s1. The van der Waals surface area contributed by atoms with Crippen LogP contribution in [0.5, 0.6) is 28.7 Å². The summed E-state index contributed by atoms with van der Waals surface area (Å²) in [5, 5.41) is 12.8. The smallest absolute Gasteiger partial charge is 0.338 e. The lowest BCUT2D eigenvalue weighted by Gasteiger charge is -2.38. The molecule has 0 saturated heterocycles. The minimum Gasteiger partial charge on any atom is -0.493 e. The van der Waals surface area contributed by atoms with Gasteiger partial charge in [-0.2, -0.15) is 0 Å². The summed E-state index contributed by atoms with van der Waals surface area (Å²) >= 11 is 0. The molecule has 10 nitrogen and oxygen atoms in total. The highest BCUT2D eigenvalue weighted by atomic mass is 16.5. The van der Waals surface area contributed by atoms with Crippen molar-refractivity contribution >= 4 is 17.5 Å². The molecule has 1 N–H and O–H groups in total. The maximum absolute atomic E-state index is 14.1. The Morgan fingerprint density at radius 3 is 1.90 bits per heavy atom. The van der Waals surface area contributed by atoms with E-state index in [0.29, 0.717) is 18.6 Å². The van der Waals surface area contributed by atoms with E-state index in [-0.39, 0.29) is 39.7 Å². The monoisotopic (exact) mass is 542 g/mol. The number of allylic oxidation sites excluding steroid dienone is 1. The van der Waals surface area contributed by atoms with Gasteiger partial charge in [0.25, 0.3) is 0 Å². The fraction of sp³-hybridized carbons (Fsp3) is 0.414. The van der Waals surface area contributed by atoms with Crippen molar-refractivity contribution < 1.29 is 47.9 Å². The second kappa shape index (κ2) is 11.8. The van der Waals surface area contributed by atoms with Gasteiger partial charge in [-0.15, -0.1) is 0 Å². The van der Waals surface area contributed by atoms with E-state index in [1.807, 2.05) is 13.8 Å². The summed E-state index contributed by atoms with van der Waals surface area (Å²) < 4.78 is 32.5. The minimum atomic E-state index is -2.42. The predicted octanol–water partition coefficient (Wildman–Crippen LogP) is 3.64. The van der Waals surface area contributed by atoms with E-state index in [4.69, 9.17) is 28.4 Å². The van der Waals surface area contributed by atoms with Crippen LogP contribution >= 0.6 is 0 Å². The lowest BCUT2D eigenvalue weighted by Crippen LogP contribution is -2.43. The first-order valence-electron chi connectivity index (χ1n) is 12.3. The zero-order valence-corrected chi connectivity index (χ0v) is 23.4. The van der Waals surface area contributed by atoms with E-state index in [0.717, 1.165) is 7.11 Å². The molecule has 0 unspecified atom stereocenters. The lowest BCUT2D eigenvalue weighted by atomic mass is 9.68. The van der Waals surface area contributed by atoms with Gasteiger partial charge in [-0.3, -0.25) is 9.59 Å². The van der Waals surface area contributed by atoms with Crippen molar-refractivity contribution in [1.82, 2.24) is 0 Å². The third-order valence-corrected chi connectivity index (χ3v) is 7.07. The molecule has 0 amide bonds. The van der Waals surface area contributed by atoms with Gasteiger partial charge in [0.15, 0.2) is 40.2 Å². The van der Waals surface area contributed by atoms with Gasteiger partial charge in [-0.1, -0.05) is 19.9 Å². The quantitative estimate of drug-likeness (QED) is 0.332. The number of carbonyl (C=O) groups excluding carboxylic acids is 3. The first-order chi connectivity index (χ1) is 18.6. The van der Waals surface area contributed by atoms with Crippen LogP contribution in [0.25, 0.3) is 0 Å². The maximum atomic E-state index is 14.1. The number of hydrogen-bond donors (Lipinski definition) is 1. The molecule has 0 aliphatic heterocycles. The van der Waals surface area contributed by atoms with Crippen LogP contribution in [-0.2, 0) is 19.9 Å². The molecule has 0 aromatic heterocycles. The van der Waals surface area contributed by atoms with E-state index < -0.39 is 40.2 Å². The van der Waals surface area contributed by atoms with E-state index in [1.54, 1.807) is 0 Å². The second-order valence-corrected chi connectivity index (χ2v) is 8.80. The van der Waals surface area contributed by atoms with Crippen LogP contribution in [-0.4, -0.2) is 65.3 Å². The number of ketones is 2. The largest absolute Gasteiger partial charge is 0.493 e. The Kier molecular flexibility index (Phi) is 8.91. The summed E-state index contributed by atoms with van der Waals surface area (Å²) in [5.74, 6) is -2.26. The SMILES string of the molecule is CCC(CC)C(=O)C1=C(C(=O)OC)[C@@](O)(c2ccc(OC)c(OC)c2)c2c(cc(OC)c(OC)c2OC)C1=O. The normalized spacial score (nSPS) is 16.5.